The molecule has 0 aromatic carbocycles. The molecule has 0 N–H and O–H groups in total. The molecule has 0 aliphatic rings. The van der Waals surface area contributed by atoms with Gasteiger partial charge in [0.15, 0.2) is 0 Å². The van der Waals surface area contributed by atoms with Gasteiger partial charge in [-0.2, -0.15) is 0 Å². The number of hydrogen-bond donors (Lipinski definition) is 0. The molecule has 0 saturated heterocycles. The summed E-state index contributed by atoms with van der Waals surface area (Å²) < 4.78 is 11.0. The molecule has 0 aliphatic heterocycles. The molecule has 0 atom stereocenters. The molecule has 19 heavy (non-hydrogen) atoms. The molecule has 3 nitrogen and oxygen atoms in total. The Morgan fingerprint density at radius 2 is 1.53 bits per heavy atom. The molecule has 0 spiro atoms. The van der Waals surface area contributed by atoms with Gasteiger partial charge in [-0.05, 0) is 0 Å². The van der Waals surface area contributed by atoms with Gasteiger partial charge in [0.05, 0.1) is 0 Å². The van der Waals surface area contributed by atoms with E-state index in [9.17, 15) is 4.79 Å². The van der Waals surface area contributed by atoms with Gasteiger partial charge in [-0.3, -0.25) is 0 Å². The Bertz CT molecular complexity index is 304. The van der Waals surface area contributed by atoms with Crippen LogP contribution in [0.15, 0.2) is 10.9 Å². The van der Waals surface area contributed by atoms with Crippen molar-refractivity contribution in [2.24, 2.45) is 5.41 Å². The Balaban J connectivity index is 5.14. The third kappa shape index (κ3) is 6.02. The third-order valence-electron chi connectivity index (χ3n) is 3.63. The standard InChI is InChI=1S/C15H30GeO3/c1-8-16(9-2,10-3)12-13(18-11-4)19-14(17)15(5,6)7/h12H,8-11H2,1-7H3/b13-12+. The van der Waals surface area contributed by atoms with Crippen LogP contribution < -0.4 is 0 Å². The first-order valence-electron chi connectivity index (χ1n) is 7.32. The van der Waals surface area contributed by atoms with Crippen molar-refractivity contribution in [2.45, 2.75) is 64.2 Å². The first-order chi connectivity index (χ1) is 8.74. The fraction of sp³-hybridized carbons (Fsp3) is 0.800. The Morgan fingerprint density at radius 3 is 1.84 bits per heavy atom. The van der Waals surface area contributed by atoms with E-state index in [1.54, 1.807) is 0 Å². The molecule has 0 aromatic heterocycles. The van der Waals surface area contributed by atoms with Gasteiger partial charge in [0, 0.05) is 0 Å². The predicted octanol–water partition coefficient (Wildman–Crippen LogP) is 4.50. The van der Waals surface area contributed by atoms with Crippen molar-refractivity contribution >= 4 is 19.2 Å². The van der Waals surface area contributed by atoms with Crippen molar-refractivity contribution in [3.8, 4) is 0 Å². The molecule has 0 bridgehead atoms. The first-order valence-corrected chi connectivity index (χ1v) is 13.0. The summed E-state index contributed by atoms with van der Waals surface area (Å²) in [7, 11) is 0. The SMILES string of the molecule is CCO/C(=[CH]\[Ge]([CH2]C)([CH2]C)[CH2]C)OC(=O)C(C)(C)C. The molecule has 0 amide bonds. The van der Waals surface area contributed by atoms with Crippen molar-refractivity contribution in [2.75, 3.05) is 6.61 Å². The Labute approximate surface area is 121 Å². The zero-order chi connectivity index (χ0) is 15.1. The van der Waals surface area contributed by atoms with E-state index in [1.165, 1.54) is 15.8 Å². The van der Waals surface area contributed by atoms with E-state index >= 15 is 0 Å². The molecule has 4 heteroatoms. The molecule has 0 heterocycles. The van der Waals surface area contributed by atoms with Crippen molar-refractivity contribution in [3.05, 3.63) is 10.9 Å². The van der Waals surface area contributed by atoms with Crippen molar-refractivity contribution in [3.63, 3.8) is 0 Å². The molecular formula is C15H30GeO3. The summed E-state index contributed by atoms with van der Waals surface area (Å²) >= 11 is -2.05. The fourth-order valence-electron chi connectivity index (χ4n) is 1.79. The minimum absolute atomic E-state index is 0.230. The van der Waals surface area contributed by atoms with E-state index in [1.807, 2.05) is 27.7 Å². The second-order valence-electron chi connectivity index (χ2n) is 5.96. The third-order valence-corrected chi connectivity index (χ3v) is 14.3. The zero-order valence-corrected chi connectivity index (χ0v) is 15.7. The number of esters is 1. The van der Waals surface area contributed by atoms with Crippen molar-refractivity contribution in [1.82, 2.24) is 0 Å². The van der Waals surface area contributed by atoms with Crippen LogP contribution in [-0.2, 0) is 14.3 Å². The molecule has 112 valence electrons. The van der Waals surface area contributed by atoms with Gasteiger partial charge in [-0.1, -0.05) is 0 Å². The number of ether oxygens (including phenoxy) is 2. The van der Waals surface area contributed by atoms with Gasteiger partial charge in [-0.15, -0.1) is 0 Å². The molecule has 0 radical (unpaired) electrons. The summed E-state index contributed by atoms with van der Waals surface area (Å²) in [5, 5.41) is 3.57. The van der Waals surface area contributed by atoms with Crippen molar-refractivity contribution in [1.29, 1.82) is 0 Å². The number of carbonyl (C=O) groups excluding carboxylic acids is 1. The van der Waals surface area contributed by atoms with Crippen LogP contribution in [0.3, 0.4) is 0 Å². The maximum absolute atomic E-state index is 12.0. The molecule has 0 aromatic rings. The van der Waals surface area contributed by atoms with E-state index in [2.05, 4.69) is 25.7 Å². The average molecular weight is 331 g/mol. The molecule has 0 aliphatic carbocycles. The quantitative estimate of drug-likeness (QED) is 0.391. The van der Waals surface area contributed by atoms with E-state index in [4.69, 9.17) is 9.47 Å². The normalized spacial score (nSPS) is 13.3. The van der Waals surface area contributed by atoms with Crippen LogP contribution in [0.5, 0.6) is 0 Å². The van der Waals surface area contributed by atoms with Crippen LogP contribution in [0.25, 0.3) is 0 Å². The van der Waals surface area contributed by atoms with Gasteiger partial charge in [0.25, 0.3) is 0 Å². The first kappa shape index (κ1) is 18.6. The molecule has 0 saturated carbocycles. The zero-order valence-electron chi connectivity index (χ0n) is 13.6. The average Bonchev–Trinajstić information content (AvgIpc) is 2.35. The summed E-state index contributed by atoms with van der Waals surface area (Å²) in [6, 6.07) is 0. The Kier molecular flexibility index (Phi) is 7.79. The summed E-state index contributed by atoms with van der Waals surface area (Å²) in [6.07, 6.45) is 0. The summed E-state index contributed by atoms with van der Waals surface area (Å²) in [5.74, 6) is 0.208. The number of hydrogen-bond acceptors (Lipinski definition) is 3. The second-order valence-corrected chi connectivity index (χ2v) is 16.7. The topological polar surface area (TPSA) is 35.5 Å². The summed E-state index contributed by atoms with van der Waals surface area (Å²) in [6.45, 7) is 14.7. The molecular weight excluding hydrogens is 301 g/mol. The van der Waals surface area contributed by atoms with E-state index in [-0.39, 0.29) is 5.97 Å². The van der Waals surface area contributed by atoms with Crippen LogP contribution in [0.1, 0.15) is 48.5 Å². The van der Waals surface area contributed by atoms with Crippen LogP contribution in [0.4, 0.5) is 0 Å². The Hall–Kier alpha value is -0.447. The van der Waals surface area contributed by atoms with Crippen LogP contribution >= 0.6 is 0 Å². The fourth-order valence-corrected chi connectivity index (χ4v) is 7.57. The van der Waals surface area contributed by atoms with Crippen molar-refractivity contribution < 1.29 is 14.3 Å². The summed E-state index contributed by atoms with van der Waals surface area (Å²) in [5.41, 5.74) is -0.503. The predicted molar refractivity (Wildman–Crippen MR) is 82.5 cm³/mol. The molecule has 0 rings (SSSR count). The van der Waals surface area contributed by atoms with Crippen LogP contribution in [0, 0.1) is 5.41 Å². The minimum atomic E-state index is -2.05. The van der Waals surface area contributed by atoms with E-state index in [0.717, 1.165) is 0 Å². The number of rotatable bonds is 7. The Morgan fingerprint density at radius 1 is 1.05 bits per heavy atom. The van der Waals surface area contributed by atoms with Gasteiger partial charge in [0.1, 0.15) is 0 Å². The monoisotopic (exact) mass is 332 g/mol. The van der Waals surface area contributed by atoms with E-state index in [0.29, 0.717) is 12.6 Å². The number of carbonyl (C=O) groups is 1. The van der Waals surface area contributed by atoms with Gasteiger partial charge in [0.2, 0.25) is 0 Å². The molecule has 0 fully saturated rings. The summed E-state index contributed by atoms with van der Waals surface area (Å²) in [4.78, 5) is 14.2. The van der Waals surface area contributed by atoms with Gasteiger partial charge in [-0.25, -0.2) is 0 Å². The second kappa shape index (κ2) is 7.98. The molecule has 0 unspecified atom stereocenters. The van der Waals surface area contributed by atoms with Crippen LogP contribution in [0.2, 0.25) is 15.8 Å². The van der Waals surface area contributed by atoms with Gasteiger partial charge >= 0.3 is 121 Å². The maximum atomic E-state index is 12.0. The van der Waals surface area contributed by atoms with Crippen LogP contribution in [-0.4, -0.2) is 25.8 Å². The van der Waals surface area contributed by atoms with Gasteiger partial charge < -0.3 is 0 Å². The van der Waals surface area contributed by atoms with E-state index < -0.39 is 18.7 Å².